The lowest BCUT2D eigenvalue weighted by atomic mass is 10.1. The van der Waals surface area contributed by atoms with Crippen LogP contribution in [-0.4, -0.2) is 10.9 Å². The van der Waals surface area contributed by atoms with E-state index >= 15 is 0 Å². The van der Waals surface area contributed by atoms with Gasteiger partial charge in [0, 0.05) is 21.6 Å². The lowest BCUT2D eigenvalue weighted by Crippen LogP contribution is -2.26. The van der Waals surface area contributed by atoms with Gasteiger partial charge in [0.2, 0.25) is 0 Å². The molecule has 1 heterocycles. The van der Waals surface area contributed by atoms with Crippen LogP contribution in [0.2, 0.25) is 0 Å². The molecule has 2 N–H and O–H groups in total. The van der Waals surface area contributed by atoms with Crippen molar-refractivity contribution >= 4 is 32.7 Å². The number of hydrogen-bond donors (Lipinski definition) is 2. The van der Waals surface area contributed by atoms with Crippen molar-refractivity contribution in [1.82, 2.24) is 10.3 Å². The molecule has 0 radical (unpaired) electrons. The molecule has 0 aliphatic rings. The molecule has 1 amide bonds. The number of hydrogen-bond acceptors (Lipinski definition) is 1. The SMILES string of the molecule is C[C@H](NC(=O)c1c[nH]c2ccccc12)c1ccc(Br)cc1. The van der Waals surface area contributed by atoms with Crippen LogP contribution in [0.4, 0.5) is 0 Å². The molecular weight excluding hydrogens is 328 g/mol. The van der Waals surface area contributed by atoms with Gasteiger partial charge in [0.1, 0.15) is 0 Å². The topological polar surface area (TPSA) is 44.9 Å². The third kappa shape index (κ3) is 2.85. The van der Waals surface area contributed by atoms with E-state index in [4.69, 9.17) is 0 Å². The first kappa shape index (κ1) is 13.9. The van der Waals surface area contributed by atoms with Crippen molar-refractivity contribution in [3.63, 3.8) is 0 Å². The summed E-state index contributed by atoms with van der Waals surface area (Å²) in [5, 5.41) is 3.98. The largest absolute Gasteiger partial charge is 0.360 e. The summed E-state index contributed by atoms with van der Waals surface area (Å²) in [5.74, 6) is -0.0668. The quantitative estimate of drug-likeness (QED) is 0.726. The Kier molecular flexibility index (Phi) is 3.80. The van der Waals surface area contributed by atoms with E-state index in [0.717, 1.165) is 20.9 Å². The molecule has 3 aromatic rings. The fourth-order valence-corrected chi connectivity index (χ4v) is 2.63. The molecule has 1 aromatic heterocycles. The Morgan fingerprint density at radius 1 is 1.14 bits per heavy atom. The van der Waals surface area contributed by atoms with E-state index in [-0.39, 0.29) is 11.9 Å². The van der Waals surface area contributed by atoms with Crippen molar-refractivity contribution in [2.24, 2.45) is 0 Å². The zero-order chi connectivity index (χ0) is 14.8. The molecule has 0 aliphatic heterocycles. The van der Waals surface area contributed by atoms with Gasteiger partial charge >= 0.3 is 0 Å². The van der Waals surface area contributed by atoms with Gasteiger partial charge in [-0.25, -0.2) is 0 Å². The molecular formula is C17H15BrN2O. The number of rotatable bonds is 3. The number of fused-ring (bicyclic) bond motifs is 1. The normalized spacial score (nSPS) is 12.3. The molecule has 21 heavy (non-hydrogen) atoms. The molecule has 0 bridgehead atoms. The lowest BCUT2D eigenvalue weighted by Gasteiger charge is -2.14. The summed E-state index contributed by atoms with van der Waals surface area (Å²) in [5.41, 5.74) is 2.72. The highest BCUT2D eigenvalue weighted by Crippen LogP contribution is 2.20. The maximum absolute atomic E-state index is 12.4. The average Bonchev–Trinajstić information content (AvgIpc) is 2.92. The summed E-state index contributed by atoms with van der Waals surface area (Å²) in [4.78, 5) is 15.6. The molecule has 1 atom stereocenters. The summed E-state index contributed by atoms with van der Waals surface area (Å²) >= 11 is 3.41. The molecule has 3 rings (SSSR count). The monoisotopic (exact) mass is 342 g/mol. The predicted octanol–water partition coefficient (Wildman–Crippen LogP) is 4.42. The van der Waals surface area contributed by atoms with Crippen LogP contribution in [0.5, 0.6) is 0 Å². The van der Waals surface area contributed by atoms with Crippen molar-refractivity contribution in [2.75, 3.05) is 0 Å². The van der Waals surface area contributed by atoms with Crippen LogP contribution in [0.15, 0.2) is 59.2 Å². The summed E-state index contributed by atoms with van der Waals surface area (Å²) in [6.07, 6.45) is 1.76. The van der Waals surface area contributed by atoms with Gasteiger partial charge in [-0.05, 0) is 30.7 Å². The van der Waals surface area contributed by atoms with Gasteiger partial charge in [0.05, 0.1) is 11.6 Å². The third-order valence-electron chi connectivity index (χ3n) is 3.55. The Morgan fingerprint density at radius 3 is 2.62 bits per heavy atom. The van der Waals surface area contributed by atoms with Gasteiger partial charge in [0.15, 0.2) is 0 Å². The van der Waals surface area contributed by atoms with E-state index in [9.17, 15) is 4.79 Å². The number of nitrogens with one attached hydrogen (secondary N) is 2. The number of aromatic nitrogens is 1. The molecule has 0 saturated heterocycles. The molecule has 3 nitrogen and oxygen atoms in total. The molecule has 0 aliphatic carbocycles. The van der Waals surface area contributed by atoms with Gasteiger partial charge < -0.3 is 10.3 Å². The van der Waals surface area contributed by atoms with Crippen LogP contribution in [0, 0.1) is 0 Å². The third-order valence-corrected chi connectivity index (χ3v) is 4.08. The number of halogens is 1. The molecule has 0 saturated carbocycles. The zero-order valence-electron chi connectivity index (χ0n) is 11.6. The van der Waals surface area contributed by atoms with Crippen molar-refractivity contribution in [3.8, 4) is 0 Å². The standard InChI is InChI=1S/C17H15BrN2O/c1-11(12-6-8-13(18)9-7-12)20-17(21)15-10-19-16-5-3-2-4-14(15)16/h2-11,19H,1H3,(H,20,21)/t11-/m0/s1. The highest BCUT2D eigenvalue weighted by Gasteiger charge is 2.14. The van der Waals surface area contributed by atoms with Crippen molar-refractivity contribution in [1.29, 1.82) is 0 Å². The predicted molar refractivity (Wildman–Crippen MR) is 88.3 cm³/mol. The molecule has 0 fully saturated rings. The Labute approximate surface area is 131 Å². The summed E-state index contributed by atoms with van der Waals surface area (Å²) < 4.78 is 1.03. The first-order chi connectivity index (χ1) is 10.1. The number of amides is 1. The smallest absolute Gasteiger partial charge is 0.253 e. The molecule has 0 unspecified atom stereocenters. The Hall–Kier alpha value is -2.07. The van der Waals surface area contributed by atoms with E-state index < -0.39 is 0 Å². The van der Waals surface area contributed by atoms with Crippen molar-refractivity contribution in [3.05, 3.63) is 70.3 Å². The Bertz CT molecular complexity index is 777. The van der Waals surface area contributed by atoms with Gasteiger partial charge in [0.25, 0.3) is 5.91 Å². The van der Waals surface area contributed by atoms with Crippen LogP contribution in [0.1, 0.15) is 28.9 Å². The second-order valence-corrected chi connectivity index (χ2v) is 5.91. The highest BCUT2D eigenvalue weighted by atomic mass is 79.9. The van der Waals surface area contributed by atoms with Crippen LogP contribution >= 0.6 is 15.9 Å². The number of carbonyl (C=O) groups excluding carboxylic acids is 1. The van der Waals surface area contributed by atoms with E-state index in [1.165, 1.54) is 0 Å². The van der Waals surface area contributed by atoms with Crippen LogP contribution in [0.3, 0.4) is 0 Å². The summed E-state index contributed by atoms with van der Waals surface area (Å²) in [6.45, 7) is 1.98. The number of H-pyrrole nitrogens is 1. The first-order valence-corrected chi connectivity index (χ1v) is 7.57. The minimum absolute atomic E-state index is 0.0423. The Balaban J connectivity index is 1.81. The molecule has 106 valence electrons. The van der Waals surface area contributed by atoms with Gasteiger partial charge in [-0.3, -0.25) is 4.79 Å². The fourth-order valence-electron chi connectivity index (χ4n) is 2.37. The van der Waals surface area contributed by atoms with Crippen LogP contribution in [0.25, 0.3) is 10.9 Å². The van der Waals surface area contributed by atoms with Crippen molar-refractivity contribution < 1.29 is 4.79 Å². The van der Waals surface area contributed by atoms with Crippen LogP contribution in [-0.2, 0) is 0 Å². The minimum atomic E-state index is -0.0668. The van der Waals surface area contributed by atoms with Gasteiger partial charge in [-0.15, -0.1) is 0 Å². The maximum atomic E-state index is 12.4. The van der Waals surface area contributed by atoms with Gasteiger partial charge in [-0.2, -0.15) is 0 Å². The first-order valence-electron chi connectivity index (χ1n) is 6.77. The van der Waals surface area contributed by atoms with E-state index in [1.54, 1.807) is 6.20 Å². The van der Waals surface area contributed by atoms with Crippen LogP contribution < -0.4 is 5.32 Å². The zero-order valence-corrected chi connectivity index (χ0v) is 13.1. The molecule has 2 aromatic carbocycles. The maximum Gasteiger partial charge on any atom is 0.253 e. The molecule has 4 heteroatoms. The number of para-hydroxylation sites is 1. The lowest BCUT2D eigenvalue weighted by molar-refractivity contribution is 0.0941. The van der Waals surface area contributed by atoms with E-state index in [0.29, 0.717) is 5.56 Å². The number of benzene rings is 2. The number of aromatic amines is 1. The Morgan fingerprint density at radius 2 is 1.86 bits per heavy atom. The van der Waals surface area contributed by atoms with E-state index in [2.05, 4.69) is 26.2 Å². The minimum Gasteiger partial charge on any atom is -0.360 e. The second kappa shape index (κ2) is 5.74. The summed E-state index contributed by atoms with van der Waals surface area (Å²) in [7, 11) is 0. The van der Waals surface area contributed by atoms with Crippen molar-refractivity contribution in [2.45, 2.75) is 13.0 Å². The fraction of sp³-hybridized carbons (Fsp3) is 0.118. The average molecular weight is 343 g/mol. The molecule has 0 spiro atoms. The van der Waals surface area contributed by atoms with E-state index in [1.807, 2.05) is 55.5 Å². The number of carbonyl (C=O) groups is 1. The second-order valence-electron chi connectivity index (χ2n) is 4.99. The summed E-state index contributed by atoms with van der Waals surface area (Å²) in [6, 6.07) is 15.7. The highest BCUT2D eigenvalue weighted by molar-refractivity contribution is 9.10. The van der Waals surface area contributed by atoms with Gasteiger partial charge in [-0.1, -0.05) is 46.3 Å².